The fourth-order valence-corrected chi connectivity index (χ4v) is 3.74. The Balaban J connectivity index is 1.49. The monoisotopic (exact) mass is 420 g/mol. The third-order valence-corrected chi connectivity index (χ3v) is 5.67. The fourth-order valence-electron chi connectivity index (χ4n) is 2.21. The predicted octanol–water partition coefficient (Wildman–Crippen LogP) is 2.99. The lowest BCUT2D eigenvalue weighted by Crippen LogP contribution is -2.29. The molecule has 2 aromatic carbocycles. The summed E-state index contributed by atoms with van der Waals surface area (Å²) < 4.78 is 0. The summed E-state index contributed by atoms with van der Waals surface area (Å²) in [6.07, 6.45) is 0.335. The summed E-state index contributed by atoms with van der Waals surface area (Å²) in [6.45, 7) is 1.05. The summed E-state index contributed by atoms with van der Waals surface area (Å²) in [5, 5.41) is 24.1. The molecule has 0 radical (unpaired) electrons. The molecule has 0 aliphatic rings. The lowest BCUT2D eigenvalue weighted by atomic mass is 10.3. The molecular weight excluding hydrogens is 396 g/mol. The zero-order chi connectivity index (χ0) is 20.2. The Morgan fingerprint density at radius 3 is 1.39 bits per heavy atom. The van der Waals surface area contributed by atoms with Crippen molar-refractivity contribution in [3.05, 3.63) is 48.5 Å². The molecule has 0 aliphatic heterocycles. The molecule has 0 saturated heterocycles. The average molecular weight is 421 g/mol. The molecule has 2 aromatic rings. The molecule has 0 fully saturated rings. The quantitative estimate of drug-likeness (QED) is 0.330. The van der Waals surface area contributed by atoms with Crippen LogP contribution in [-0.2, 0) is 9.59 Å². The molecule has 0 atom stereocenters. The topological polar surface area (TPSA) is 98.7 Å². The van der Waals surface area contributed by atoms with Crippen LogP contribution in [-0.4, -0.2) is 46.6 Å². The molecule has 28 heavy (non-hydrogen) atoms. The first-order valence-corrected chi connectivity index (χ1v) is 10.9. The summed E-state index contributed by atoms with van der Waals surface area (Å²) in [5.74, 6) is 1.62. The zero-order valence-electron chi connectivity index (χ0n) is 15.4. The first kappa shape index (κ1) is 22.0. The van der Waals surface area contributed by atoms with Crippen LogP contribution in [0.2, 0.25) is 0 Å². The molecule has 2 rings (SSSR count). The van der Waals surface area contributed by atoms with Crippen molar-refractivity contribution >= 4 is 35.3 Å². The van der Waals surface area contributed by atoms with Gasteiger partial charge in [-0.1, -0.05) is 0 Å². The predicted molar refractivity (Wildman–Crippen MR) is 113 cm³/mol. The van der Waals surface area contributed by atoms with Crippen LogP contribution >= 0.6 is 23.5 Å². The second-order valence-corrected chi connectivity index (χ2v) is 8.22. The molecule has 4 N–H and O–H groups in total. The summed E-state index contributed by atoms with van der Waals surface area (Å²) in [6, 6.07) is 13.8. The van der Waals surface area contributed by atoms with Crippen LogP contribution in [0, 0.1) is 0 Å². The van der Waals surface area contributed by atoms with Gasteiger partial charge in [0.15, 0.2) is 0 Å². The number of hydrogen-bond donors (Lipinski definition) is 4. The summed E-state index contributed by atoms with van der Waals surface area (Å²) in [5.41, 5.74) is 0. The third kappa shape index (κ3) is 9.05. The second kappa shape index (κ2) is 12.2. The molecule has 0 unspecified atom stereocenters. The van der Waals surface area contributed by atoms with Crippen LogP contribution in [0.1, 0.15) is 12.8 Å². The Labute approximate surface area is 173 Å². The van der Waals surface area contributed by atoms with Crippen LogP contribution in [0.3, 0.4) is 0 Å². The van der Waals surface area contributed by atoms with Crippen molar-refractivity contribution in [1.29, 1.82) is 0 Å². The molecule has 0 heterocycles. The van der Waals surface area contributed by atoms with E-state index < -0.39 is 0 Å². The number of nitrogens with one attached hydrogen (secondary N) is 2. The Morgan fingerprint density at radius 1 is 0.679 bits per heavy atom. The molecule has 0 aromatic heterocycles. The molecule has 0 aliphatic carbocycles. The maximum Gasteiger partial charge on any atom is 0.220 e. The summed E-state index contributed by atoms with van der Waals surface area (Å²) in [7, 11) is 0. The van der Waals surface area contributed by atoms with Gasteiger partial charge in [0, 0.05) is 47.2 Å². The van der Waals surface area contributed by atoms with Gasteiger partial charge in [0.05, 0.1) is 0 Å². The van der Waals surface area contributed by atoms with E-state index in [0.29, 0.717) is 13.1 Å². The van der Waals surface area contributed by atoms with Crippen molar-refractivity contribution in [1.82, 2.24) is 10.6 Å². The van der Waals surface area contributed by atoms with Crippen molar-refractivity contribution in [2.24, 2.45) is 0 Å². The SMILES string of the molecule is O=C(CCC(=O)NCCSc1ccc(O)cc1)NCCSc1ccc(O)cc1. The van der Waals surface area contributed by atoms with Gasteiger partial charge in [0.25, 0.3) is 0 Å². The smallest absolute Gasteiger partial charge is 0.220 e. The molecule has 6 nitrogen and oxygen atoms in total. The molecule has 0 spiro atoms. The molecule has 0 saturated carbocycles. The van der Waals surface area contributed by atoms with Crippen LogP contribution < -0.4 is 10.6 Å². The van der Waals surface area contributed by atoms with E-state index in [9.17, 15) is 19.8 Å². The zero-order valence-corrected chi connectivity index (χ0v) is 17.0. The molecule has 150 valence electrons. The number of phenolic OH excluding ortho intramolecular Hbond substituents is 2. The van der Waals surface area contributed by atoms with Crippen LogP contribution in [0.4, 0.5) is 0 Å². The number of phenols is 2. The number of carbonyl (C=O) groups is 2. The van der Waals surface area contributed by atoms with Gasteiger partial charge in [-0.15, -0.1) is 23.5 Å². The van der Waals surface area contributed by atoms with Crippen molar-refractivity contribution < 1.29 is 19.8 Å². The van der Waals surface area contributed by atoms with E-state index in [-0.39, 0.29) is 36.2 Å². The van der Waals surface area contributed by atoms with Gasteiger partial charge in [-0.3, -0.25) is 9.59 Å². The van der Waals surface area contributed by atoms with E-state index in [2.05, 4.69) is 10.6 Å². The first-order chi connectivity index (χ1) is 13.5. The van der Waals surface area contributed by atoms with Crippen molar-refractivity contribution in [2.45, 2.75) is 22.6 Å². The number of hydrogen-bond acceptors (Lipinski definition) is 6. The maximum atomic E-state index is 11.8. The van der Waals surface area contributed by atoms with Gasteiger partial charge in [-0.25, -0.2) is 0 Å². The second-order valence-electron chi connectivity index (χ2n) is 5.88. The lowest BCUT2D eigenvalue weighted by molar-refractivity contribution is -0.126. The Bertz CT molecular complexity index is 686. The molecule has 2 amide bonds. The van der Waals surface area contributed by atoms with Crippen molar-refractivity contribution in [2.75, 3.05) is 24.6 Å². The Morgan fingerprint density at radius 2 is 1.04 bits per heavy atom. The van der Waals surface area contributed by atoms with E-state index in [1.165, 1.54) is 0 Å². The van der Waals surface area contributed by atoms with E-state index in [1.807, 2.05) is 24.3 Å². The standard InChI is InChI=1S/C20H24N2O4S2/c23-15-1-5-17(6-2-15)27-13-11-21-19(25)9-10-20(26)22-12-14-28-18-7-3-16(24)4-8-18/h1-8,23-24H,9-14H2,(H,21,25)(H,22,26). The summed E-state index contributed by atoms with van der Waals surface area (Å²) in [4.78, 5) is 25.6. The highest BCUT2D eigenvalue weighted by molar-refractivity contribution is 7.99. The van der Waals surface area contributed by atoms with Gasteiger partial charge in [-0.05, 0) is 48.5 Å². The number of benzene rings is 2. The van der Waals surface area contributed by atoms with Crippen LogP contribution in [0.25, 0.3) is 0 Å². The Kier molecular flexibility index (Phi) is 9.57. The van der Waals surface area contributed by atoms with Gasteiger partial charge in [0.1, 0.15) is 11.5 Å². The highest BCUT2D eigenvalue weighted by Crippen LogP contribution is 2.20. The van der Waals surface area contributed by atoms with Gasteiger partial charge < -0.3 is 20.8 Å². The number of rotatable bonds is 11. The average Bonchev–Trinajstić information content (AvgIpc) is 2.69. The highest BCUT2D eigenvalue weighted by Gasteiger charge is 2.06. The Hall–Kier alpha value is -2.32. The van der Waals surface area contributed by atoms with E-state index in [0.717, 1.165) is 21.3 Å². The maximum absolute atomic E-state index is 11.8. The minimum atomic E-state index is -0.139. The molecular formula is C20H24N2O4S2. The molecule has 0 bridgehead atoms. The van der Waals surface area contributed by atoms with E-state index in [1.54, 1.807) is 47.8 Å². The minimum Gasteiger partial charge on any atom is -0.508 e. The van der Waals surface area contributed by atoms with Crippen LogP contribution in [0.5, 0.6) is 11.5 Å². The fraction of sp³-hybridized carbons (Fsp3) is 0.300. The van der Waals surface area contributed by atoms with E-state index >= 15 is 0 Å². The molecule has 8 heteroatoms. The highest BCUT2D eigenvalue weighted by atomic mass is 32.2. The number of carbonyl (C=O) groups excluding carboxylic acids is 2. The lowest BCUT2D eigenvalue weighted by Gasteiger charge is -2.07. The third-order valence-electron chi connectivity index (χ3n) is 3.64. The number of amides is 2. The van der Waals surface area contributed by atoms with Crippen molar-refractivity contribution in [3.8, 4) is 11.5 Å². The first-order valence-electron chi connectivity index (χ1n) is 8.90. The van der Waals surface area contributed by atoms with E-state index in [4.69, 9.17) is 0 Å². The summed E-state index contributed by atoms with van der Waals surface area (Å²) >= 11 is 3.17. The van der Waals surface area contributed by atoms with Crippen LogP contribution in [0.15, 0.2) is 58.3 Å². The van der Waals surface area contributed by atoms with Crippen molar-refractivity contribution in [3.63, 3.8) is 0 Å². The number of aromatic hydroxyl groups is 2. The minimum absolute atomic E-state index is 0.139. The number of thioether (sulfide) groups is 2. The van der Waals surface area contributed by atoms with Gasteiger partial charge >= 0.3 is 0 Å². The van der Waals surface area contributed by atoms with Gasteiger partial charge in [0.2, 0.25) is 11.8 Å². The van der Waals surface area contributed by atoms with Gasteiger partial charge in [-0.2, -0.15) is 0 Å². The normalized spacial score (nSPS) is 10.4. The largest absolute Gasteiger partial charge is 0.508 e.